The van der Waals surface area contributed by atoms with Gasteiger partial charge in [-0.3, -0.25) is 4.79 Å². The Kier molecular flexibility index (Phi) is 5.30. The van der Waals surface area contributed by atoms with Crippen LogP contribution in [0.25, 0.3) is 10.6 Å². The van der Waals surface area contributed by atoms with Gasteiger partial charge in [0.15, 0.2) is 11.5 Å². The van der Waals surface area contributed by atoms with E-state index in [1.807, 2.05) is 23.6 Å². The van der Waals surface area contributed by atoms with Crippen LogP contribution < -0.4 is 10.1 Å². The van der Waals surface area contributed by atoms with Crippen molar-refractivity contribution in [1.82, 2.24) is 20.4 Å². The first kappa shape index (κ1) is 18.1. The Labute approximate surface area is 165 Å². The van der Waals surface area contributed by atoms with E-state index < -0.39 is 0 Å². The summed E-state index contributed by atoms with van der Waals surface area (Å²) in [6.07, 6.45) is 5.98. The predicted octanol–water partition coefficient (Wildman–Crippen LogP) is 3.18. The highest BCUT2D eigenvalue weighted by molar-refractivity contribution is 7.13. The van der Waals surface area contributed by atoms with Crippen LogP contribution in [0.1, 0.15) is 41.9 Å². The number of nitrogens with one attached hydrogen (secondary N) is 1. The number of rotatable bonds is 5. The van der Waals surface area contributed by atoms with Gasteiger partial charge in [0.1, 0.15) is 12.2 Å². The lowest BCUT2D eigenvalue weighted by atomic mass is 9.93. The van der Waals surface area contributed by atoms with Crippen molar-refractivity contribution in [1.29, 1.82) is 5.26 Å². The molecular formula is C19H17N5O3S. The molecule has 8 nitrogen and oxygen atoms in total. The Morgan fingerprint density at radius 3 is 2.86 bits per heavy atom. The first-order valence-corrected chi connectivity index (χ1v) is 9.80. The maximum atomic E-state index is 12.4. The first-order chi connectivity index (χ1) is 13.7. The Morgan fingerprint density at radius 2 is 2.11 bits per heavy atom. The van der Waals surface area contributed by atoms with Crippen LogP contribution >= 0.6 is 11.3 Å². The van der Waals surface area contributed by atoms with E-state index in [9.17, 15) is 4.79 Å². The van der Waals surface area contributed by atoms with Gasteiger partial charge in [0, 0.05) is 24.5 Å². The summed E-state index contributed by atoms with van der Waals surface area (Å²) in [6, 6.07) is 7.53. The highest BCUT2D eigenvalue weighted by Gasteiger charge is 2.26. The molecule has 28 heavy (non-hydrogen) atoms. The number of amides is 1. The number of ether oxygens (including phenoxy) is 1. The van der Waals surface area contributed by atoms with Gasteiger partial charge in [0.05, 0.1) is 4.88 Å². The normalized spacial score (nSPS) is 19.0. The van der Waals surface area contributed by atoms with Crippen LogP contribution in [0.15, 0.2) is 40.5 Å². The van der Waals surface area contributed by atoms with E-state index in [0.29, 0.717) is 5.76 Å². The number of carbonyl (C=O) groups is 1. The molecule has 0 aromatic carbocycles. The average molecular weight is 395 g/mol. The number of thiophene rings is 1. The van der Waals surface area contributed by atoms with Crippen molar-refractivity contribution in [2.75, 3.05) is 0 Å². The summed E-state index contributed by atoms with van der Waals surface area (Å²) in [5.41, 5.74) is 0.463. The van der Waals surface area contributed by atoms with Crippen molar-refractivity contribution < 1.29 is 14.1 Å². The molecule has 0 spiro atoms. The van der Waals surface area contributed by atoms with Gasteiger partial charge < -0.3 is 14.6 Å². The number of aromatic nitrogens is 3. The molecule has 0 bridgehead atoms. The van der Waals surface area contributed by atoms with Crippen LogP contribution in [0.4, 0.5) is 0 Å². The van der Waals surface area contributed by atoms with E-state index in [0.717, 1.165) is 30.6 Å². The third-order valence-electron chi connectivity index (χ3n) is 4.57. The SMILES string of the molecule is N#Cc1nccnc1OC1CCC(NC(=O)c2cc(-c3cccs3)on2)CC1. The lowest BCUT2D eigenvalue weighted by molar-refractivity contribution is 0.0881. The van der Waals surface area contributed by atoms with Gasteiger partial charge in [-0.2, -0.15) is 5.26 Å². The fraction of sp³-hybridized carbons (Fsp3) is 0.316. The van der Waals surface area contributed by atoms with Crippen molar-refractivity contribution in [3.05, 3.63) is 47.4 Å². The average Bonchev–Trinajstić information content (AvgIpc) is 3.42. The van der Waals surface area contributed by atoms with Gasteiger partial charge in [0.2, 0.25) is 5.69 Å². The molecule has 1 saturated carbocycles. The molecular weight excluding hydrogens is 378 g/mol. The van der Waals surface area contributed by atoms with Crippen LogP contribution in [0.5, 0.6) is 5.88 Å². The molecule has 4 rings (SSSR count). The Bertz CT molecular complexity index is 987. The molecule has 0 atom stereocenters. The summed E-state index contributed by atoms with van der Waals surface area (Å²) in [7, 11) is 0. The predicted molar refractivity (Wildman–Crippen MR) is 101 cm³/mol. The van der Waals surface area contributed by atoms with Gasteiger partial charge in [0.25, 0.3) is 11.8 Å². The molecule has 142 valence electrons. The number of nitrogens with zero attached hydrogens (tertiary/aromatic N) is 4. The third-order valence-corrected chi connectivity index (χ3v) is 5.45. The lowest BCUT2D eigenvalue weighted by Gasteiger charge is -2.29. The van der Waals surface area contributed by atoms with Crippen LogP contribution in [0.3, 0.4) is 0 Å². The third kappa shape index (κ3) is 4.02. The summed E-state index contributed by atoms with van der Waals surface area (Å²) in [5.74, 6) is 0.618. The fourth-order valence-corrected chi connectivity index (χ4v) is 3.82. The maximum absolute atomic E-state index is 12.4. The van der Waals surface area contributed by atoms with E-state index >= 15 is 0 Å². The monoisotopic (exact) mass is 395 g/mol. The van der Waals surface area contributed by atoms with Gasteiger partial charge >= 0.3 is 0 Å². The molecule has 3 aromatic heterocycles. The molecule has 1 amide bonds. The minimum atomic E-state index is -0.239. The highest BCUT2D eigenvalue weighted by Crippen LogP contribution is 2.26. The van der Waals surface area contributed by atoms with E-state index in [-0.39, 0.29) is 35.3 Å². The van der Waals surface area contributed by atoms with E-state index in [4.69, 9.17) is 14.5 Å². The Morgan fingerprint density at radius 1 is 1.29 bits per heavy atom. The van der Waals surface area contributed by atoms with E-state index in [1.54, 1.807) is 6.07 Å². The van der Waals surface area contributed by atoms with Crippen LogP contribution in [0.2, 0.25) is 0 Å². The van der Waals surface area contributed by atoms with E-state index in [1.165, 1.54) is 23.7 Å². The number of nitriles is 1. The summed E-state index contributed by atoms with van der Waals surface area (Å²) in [4.78, 5) is 21.4. The van der Waals surface area contributed by atoms with Crippen molar-refractivity contribution in [3.8, 4) is 22.6 Å². The van der Waals surface area contributed by atoms with Gasteiger partial charge in [-0.1, -0.05) is 11.2 Å². The zero-order chi connectivity index (χ0) is 19.3. The van der Waals surface area contributed by atoms with Crippen molar-refractivity contribution >= 4 is 17.2 Å². The zero-order valence-electron chi connectivity index (χ0n) is 14.9. The first-order valence-electron chi connectivity index (χ1n) is 8.92. The smallest absolute Gasteiger partial charge is 0.273 e. The van der Waals surface area contributed by atoms with Crippen LogP contribution in [0, 0.1) is 11.3 Å². The second kappa shape index (κ2) is 8.19. The largest absolute Gasteiger partial charge is 0.472 e. The number of hydrogen-bond acceptors (Lipinski definition) is 8. The summed E-state index contributed by atoms with van der Waals surface area (Å²) in [5, 5.41) is 17.9. The molecule has 0 saturated heterocycles. The second-order valence-corrected chi connectivity index (χ2v) is 7.39. The minimum Gasteiger partial charge on any atom is -0.472 e. The molecule has 9 heteroatoms. The maximum Gasteiger partial charge on any atom is 0.273 e. The quantitative estimate of drug-likeness (QED) is 0.705. The molecule has 0 radical (unpaired) electrons. The van der Waals surface area contributed by atoms with Gasteiger partial charge in [-0.15, -0.1) is 11.3 Å². The number of carbonyl (C=O) groups excluding carboxylic acids is 1. The van der Waals surface area contributed by atoms with Crippen molar-refractivity contribution in [3.63, 3.8) is 0 Å². The highest BCUT2D eigenvalue weighted by atomic mass is 32.1. The topological polar surface area (TPSA) is 114 Å². The van der Waals surface area contributed by atoms with Crippen molar-refractivity contribution in [2.24, 2.45) is 0 Å². The molecule has 1 N–H and O–H groups in total. The minimum absolute atomic E-state index is 0.0468. The summed E-state index contributed by atoms with van der Waals surface area (Å²) >= 11 is 1.53. The molecule has 1 fully saturated rings. The van der Waals surface area contributed by atoms with Gasteiger partial charge in [-0.25, -0.2) is 9.97 Å². The lowest BCUT2D eigenvalue weighted by Crippen LogP contribution is -2.39. The Balaban J connectivity index is 1.30. The van der Waals surface area contributed by atoms with Crippen LogP contribution in [-0.2, 0) is 0 Å². The van der Waals surface area contributed by atoms with Crippen LogP contribution in [-0.4, -0.2) is 33.2 Å². The molecule has 0 aliphatic heterocycles. The Hall–Kier alpha value is -3.25. The molecule has 1 aliphatic carbocycles. The van der Waals surface area contributed by atoms with Gasteiger partial charge in [-0.05, 0) is 37.1 Å². The summed E-state index contributed by atoms with van der Waals surface area (Å²) < 4.78 is 11.1. The standard InChI is InChI=1S/C19H17N5O3S/c20-11-15-19(22-8-7-21-15)26-13-5-3-12(4-6-13)23-18(25)14-10-16(27-24-14)17-2-1-9-28-17/h1-2,7-10,12-13H,3-6H2,(H,23,25). The molecule has 1 aliphatic rings. The summed E-state index contributed by atoms with van der Waals surface area (Å²) in [6.45, 7) is 0. The molecule has 3 aromatic rings. The van der Waals surface area contributed by atoms with E-state index in [2.05, 4.69) is 20.4 Å². The second-order valence-electron chi connectivity index (χ2n) is 6.44. The van der Waals surface area contributed by atoms with Crippen molar-refractivity contribution in [2.45, 2.75) is 37.8 Å². The fourth-order valence-electron chi connectivity index (χ4n) is 3.15. The molecule has 0 unspecified atom stereocenters. The zero-order valence-corrected chi connectivity index (χ0v) is 15.7. The number of hydrogen-bond donors (Lipinski definition) is 1. The molecule has 3 heterocycles.